The quantitative estimate of drug-likeness (QED) is 0.669. The van der Waals surface area contributed by atoms with E-state index in [2.05, 4.69) is 19.6 Å². The summed E-state index contributed by atoms with van der Waals surface area (Å²) in [6, 6.07) is 9.04. The number of nitrogens with zero attached hydrogens (tertiary/aromatic N) is 3. The third-order valence-electron chi connectivity index (χ3n) is 4.61. The number of ether oxygens (including phenoxy) is 2. The molecule has 1 aliphatic rings. The van der Waals surface area contributed by atoms with E-state index in [1.807, 2.05) is 18.2 Å². The molecule has 10 heteroatoms. The molecule has 0 spiro atoms. The summed E-state index contributed by atoms with van der Waals surface area (Å²) in [6.07, 6.45) is 1.51. The fourth-order valence-corrected chi connectivity index (χ4v) is 3.85. The van der Waals surface area contributed by atoms with Gasteiger partial charge in [-0.15, -0.1) is 0 Å². The van der Waals surface area contributed by atoms with Gasteiger partial charge in [0.1, 0.15) is 12.1 Å². The van der Waals surface area contributed by atoms with E-state index in [0.717, 1.165) is 27.8 Å². The largest absolute Gasteiger partial charge is 0.493 e. The van der Waals surface area contributed by atoms with Crippen molar-refractivity contribution in [2.24, 2.45) is 5.14 Å². The Morgan fingerprint density at radius 1 is 1.04 bits per heavy atom. The summed E-state index contributed by atoms with van der Waals surface area (Å²) in [5, 5.41) is 5.90. The smallest absolute Gasteiger partial charge is 0.296 e. The van der Waals surface area contributed by atoms with Gasteiger partial charge < -0.3 is 14.4 Å². The maximum absolute atomic E-state index is 11.3. The van der Waals surface area contributed by atoms with Gasteiger partial charge in [-0.1, -0.05) is 6.07 Å². The summed E-state index contributed by atoms with van der Waals surface area (Å²) in [5.41, 5.74) is 3.27. The van der Waals surface area contributed by atoms with Crippen LogP contribution in [-0.2, 0) is 23.3 Å². The lowest BCUT2D eigenvalue weighted by atomic mass is 10.1. The first-order valence-corrected chi connectivity index (χ1v) is 9.96. The van der Waals surface area contributed by atoms with Gasteiger partial charge in [0.25, 0.3) is 10.2 Å². The Bertz CT molecular complexity index is 1170. The molecule has 0 amide bonds. The molecule has 3 N–H and O–H groups in total. The second-order valence-corrected chi connectivity index (χ2v) is 7.70. The van der Waals surface area contributed by atoms with Crippen molar-refractivity contribution in [3.63, 3.8) is 0 Å². The zero-order valence-corrected chi connectivity index (χ0v) is 16.2. The normalized spacial score (nSPS) is 13.5. The van der Waals surface area contributed by atoms with Gasteiger partial charge in [-0.2, -0.15) is 8.42 Å². The van der Waals surface area contributed by atoms with Crippen LogP contribution in [-0.4, -0.2) is 32.6 Å². The molecule has 3 aromatic rings. The van der Waals surface area contributed by atoms with Gasteiger partial charge in [0.15, 0.2) is 11.5 Å². The molecule has 4 rings (SSSR count). The van der Waals surface area contributed by atoms with Gasteiger partial charge >= 0.3 is 0 Å². The summed E-state index contributed by atoms with van der Waals surface area (Å²) < 4.78 is 35.6. The maximum Gasteiger partial charge on any atom is 0.296 e. The number of nitrogens with one attached hydrogen (secondary N) is 1. The summed E-state index contributed by atoms with van der Waals surface area (Å²) in [5.74, 6) is 1.97. The van der Waals surface area contributed by atoms with Crippen LogP contribution in [0.4, 0.5) is 11.5 Å². The zero-order valence-electron chi connectivity index (χ0n) is 15.3. The van der Waals surface area contributed by atoms with Gasteiger partial charge in [0.05, 0.1) is 25.4 Å². The Kier molecular flexibility index (Phi) is 4.44. The predicted molar refractivity (Wildman–Crippen MR) is 106 cm³/mol. The van der Waals surface area contributed by atoms with Crippen molar-refractivity contribution < 1.29 is 17.9 Å². The van der Waals surface area contributed by atoms with Gasteiger partial charge in [-0.05, 0) is 29.3 Å². The van der Waals surface area contributed by atoms with Crippen LogP contribution >= 0.6 is 0 Å². The number of fused-ring (bicyclic) bond motifs is 2. The van der Waals surface area contributed by atoms with Crippen molar-refractivity contribution in [2.45, 2.75) is 13.1 Å². The minimum atomic E-state index is -3.81. The second-order valence-electron chi connectivity index (χ2n) is 6.41. The van der Waals surface area contributed by atoms with Crippen molar-refractivity contribution in [3.05, 3.63) is 47.8 Å². The third kappa shape index (κ3) is 3.39. The molecule has 0 aliphatic carbocycles. The number of benzene rings is 2. The molecule has 0 unspecified atom stereocenters. The second kappa shape index (κ2) is 6.80. The van der Waals surface area contributed by atoms with E-state index < -0.39 is 10.2 Å². The fourth-order valence-electron chi connectivity index (χ4n) is 3.39. The van der Waals surface area contributed by atoms with Crippen LogP contribution in [0.2, 0.25) is 0 Å². The molecular formula is C18H19N5O4S. The van der Waals surface area contributed by atoms with Crippen LogP contribution in [0.25, 0.3) is 10.9 Å². The highest BCUT2D eigenvalue weighted by atomic mass is 32.2. The molecule has 0 saturated heterocycles. The standard InChI is InChI=1S/C18H19N5O4S/c1-26-16-6-14-15(7-17(16)27-2)20-10-21-18(14)23-8-11-3-4-13(5-12(11)9-23)22-28(19,24)25/h3-7,10,22H,8-9H2,1-2H3,(H2,19,24,25). The Morgan fingerprint density at radius 2 is 1.75 bits per heavy atom. The predicted octanol–water partition coefficient (Wildman–Crippen LogP) is 1.78. The molecule has 0 fully saturated rings. The molecule has 0 saturated carbocycles. The monoisotopic (exact) mass is 401 g/mol. The Morgan fingerprint density at radius 3 is 2.46 bits per heavy atom. The van der Waals surface area contributed by atoms with E-state index in [9.17, 15) is 8.42 Å². The molecule has 2 aromatic carbocycles. The lowest BCUT2D eigenvalue weighted by Crippen LogP contribution is -2.21. The first-order valence-electron chi connectivity index (χ1n) is 8.42. The lowest BCUT2D eigenvalue weighted by molar-refractivity contribution is 0.356. The minimum absolute atomic E-state index is 0.432. The molecule has 1 aliphatic heterocycles. The van der Waals surface area contributed by atoms with E-state index in [1.54, 1.807) is 26.4 Å². The molecule has 9 nitrogen and oxygen atoms in total. The van der Waals surface area contributed by atoms with Crippen molar-refractivity contribution in [2.75, 3.05) is 23.8 Å². The maximum atomic E-state index is 11.3. The van der Waals surface area contributed by atoms with E-state index in [0.29, 0.717) is 30.3 Å². The number of anilines is 2. The van der Waals surface area contributed by atoms with Crippen LogP contribution in [0.1, 0.15) is 11.1 Å². The Balaban J connectivity index is 1.71. The van der Waals surface area contributed by atoms with Gasteiger partial charge in [0.2, 0.25) is 0 Å². The number of nitrogens with two attached hydrogens (primary N) is 1. The Labute approximate surface area is 162 Å². The van der Waals surface area contributed by atoms with E-state index >= 15 is 0 Å². The van der Waals surface area contributed by atoms with Crippen LogP contribution in [0, 0.1) is 0 Å². The average molecular weight is 401 g/mol. The van der Waals surface area contributed by atoms with Crippen molar-refractivity contribution >= 4 is 32.6 Å². The molecule has 28 heavy (non-hydrogen) atoms. The molecule has 2 heterocycles. The number of hydrogen-bond donors (Lipinski definition) is 2. The summed E-state index contributed by atoms with van der Waals surface area (Å²) in [4.78, 5) is 10.9. The Hall–Kier alpha value is -3.11. The van der Waals surface area contributed by atoms with Crippen molar-refractivity contribution in [3.8, 4) is 11.5 Å². The number of hydrogen-bond acceptors (Lipinski definition) is 7. The molecule has 1 aromatic heterocycles. The van der Waals surface area contributed by atoms with Gasteiger partial charge in [0, 0.05) is 24.5 Å². The first kappa shape index (κ1) is 18.3. The highest BCUT2D eigenvalue weighted by molar-refractivity contribution is 7.90. The number of aromatic nitrogens is 2. The minimum Gasteiger partial charge on any atom is -0.493 e. The third-order valence-corrected chi connectivity index (χ3v) is 5.13. The number of methoxy groups -OCH3 is 2. The van der Waals surface area contributed by atoms with Crippen LogP contribution in [0.5, 0.6) is 11.5 Å². The van der Waals surface area contributed by atoms with E-state index in [1.165, 1.54) is 6.33 Å². The first-order chi connectivity index (χ1) is 13.4. The number of rotatable bonds is 5. The van der Waals surface area contributed by atoms with Crippen molar-refractivity contribution in [1.29, 1.82) is 0 Å². The van der Waals surface area contributed by atoms with Crippen LogP contribution in [0.3, 0.4) is 0 Å². The summed E-state index contributed by atoms with van der Waals surface area (Å²) in [7, 11) is -0.652. The SMILES string of the molecule is COc1cc2ncnc(N3Cc4ccc(NS(N)(=O)=O)cc4C3)c2cc1OC. The molecule has 0 atom stereocenters. The lowest BCUT2D eigenvalue weighted by Gasteiger charge is -2.19. The van der Waals surface area contributed by atoms with Crippen LogP contribution in [0.15, 0.2) is 36.7 Å². The van der Waals surface area contributed by atoms with Crippen LogP contribution < -0.4 is 24.2 Å². The molecule has 0 radical (unpaired) electrons. The van der Waals surface area contributed by atoms with Gasteiger partial charge in [-0.25, -0.2) is 15.1 Å². The topological polar surface area (TPSA) is 120 Å². The van der Waals surface area contributed by atoms with Gasteiger partial charge in [-0.3, -0.25) is 4.72 Å². The molecule has 146 valence electrons. The highest BCUT2D eigenvalue weighted by Crippen LogP contribution is 2.37. The van der Waals surface area contributed by atoms with Crippen molar-refractivity contribution in [1.82, 2.24) is 9.97 Å². The van der Waals surface area contributed by atoms with E-state index in [-0.39, 0.29) is 0 Å². The highest BCUT2D eigenvalue weighted by Gasteiger charge is 2.23. The summed E-state index contributed by atoms with van der Waals surface area (Å²) >= 11 is 0. The molecule has 0 bridgehead atoms. The van der Waals surface area contributed by atoms with E-state index in [4.69, 9.17) is 14.6 Å². The fraction of sp³-hybridized carbons (Fsp3) is 0.222. The average Bonchev–Trinajstić information content (AvgIpc) is 3.08. The summed E-state index contributed by atoms with van der Waals surface area (Å²) in [6.45, 7) is 1.22. The molecular weight excluding hydrogens is 382 g/mol. The zero-order chi connectivity index (χ0) is 19.9.